The first-order chi connectivity index (χ1) is 18.7. The van der Waals surface area contributed by atoms with Gasteiger partial charge in [0.1, 0.15) is 18.1 Å². The summed E-state index contributed by atoms with van der Waals surface area (Å²) in [5, 5.41) is 4.07. The van der Waals surface area contributed by atoms with Gasteiger partial charge in [0.15, 0.2) is 0 Å². The second kappa shape index (κ2) is 12.0. The van der Waals surface area contributed by atoms with Crippen molar-refractivity contribution in [1.82, 2.24) is 9.99 Å². The van der Waals surface area contributed by atoms with Crippen molar-refractivity contribution in [2.75, 3.05) is 17.5 Å². The molecule has 3 aromatic carbocycles. The highest BCUT2D eigenvalue weighted by molar-refractivity contribution is 7.92. The van der Waals surface area contributed by atoms with Crippen LogP contribution < -0.4 is 14.5 Å². The average Bonchev–Trinajstić information content (AvgIpc) is 3.21. The number of anilines is 1. The summed E-state index contributed by atoms with van der Waals surface area (Å²) in [6.45, 7) is 5.63. The molecule has 1 heterocycles. The predicted molar refractivity (Wildman–Crippen MR) is 150 cm³/mol. The average molecular weight is 549 g/mol. The summed E-state index contributed by atoms with van der Waals surface area (Å²) in [6.07, 6.45) is 1.49. The maximum Gasteiger partial charge on any atom is 0.264 e. The summed E-state index contributed by atoms with van der Waals surface area (Å²) in [6, 6.07) is 22.4. The Hall–Kier alpha value is -4.44. The van der Waals surface area contributed by atoms with Gasteiger partial charge >= 0.3 is 0 Å². The topological polar surface area (TPSA) is 93.0 Å². The number of hydrogen-bond donors (Lipinski definition) is 1. The fourth-order valence-corrected chi connectivity index (χ4v) is 5.60. The molecule has 1 N–H and O–H groups in total. The van der Waals surface area contributed by atoms with Crippen LogP contribution in [0.2, 0.25) is 0 Å². The highest BCUT2D eigenvalue weighted by Gasteiger charge is 2.27. The molecule has 202 valence electrons. The van der Waals surface area contributed by atoms with Gasteiger partial charge in [-0.25, -0.2) is 18.2 Å². The van der Waals surface area contributed by atoms with Gasteiger partial charge in [-0.1, -0.05) is 18.2 Å². The number of carbonyl (C=O) groups is 1. The quantitative estimate of drug-likeness (QED) is 0.224. The molecule has 0 radical (unpaired) electrons. The van der Waals surface area contributed by atoms with Crippen molar-refractivity contribution in [3.05, 3.63) is 108 Å². The zero-order valence-electron chi connectivity index (χ0n) is 21.8. The van der Waals surface area contributed by atoms with Crippen LogP contribution in [0.1, 0.15) is 23.9 Å². The van der Waals surface area contributed by atoms with E-state index in [4.69, 9.17) is 4.74 Å². The third-order valence-corrected chi connectivity index (χ3v) is 7.79. The molecule has 10 heteroatoms. The molecule has 0 spiro atoms. The van der Waals surface area contributed by atoms with Crippen molar-refractivity contribution in [2.45, 2.75) is 25.7 Å². The van der Waals surface area contributed by atoms with Crippen LogP contribution in [-0.2, 0) is 14.8 Å². The zero-order chi connectivity index (χ0) is 28.0. The lowest BCUT2D eigenvalue weighted by atomic mass is 10.2. The number of nitrogens with zero attached hydrogens (tertiary/aromatic N) is 3. The summed E-state index contributed by atoms with van der Waals surface area (Å²) < 4.78 is 48.7. The third kappa shape index (κ3) is 6.35. The van der Waals surface area contributed by atoms with E-state index in [9.17, 15) is 17.6 Å². The van der Waals surface area contributed by atoms with Crippen LogP contribution in [0.4, 0.5) is 10.1 Å². The summed E-state index contributed by atoms with van der Waals surface area (Å²) in [5.74, 6) is -0.350. The Morgan fingerprint density at radius 2 is 1.69 bits per heavy atom. The summed E-state index contributed by atoms with van der Waals surface area (Å²) in [4.78, 5) is 12.9. The van der Waals surface area contributed by atoms with E-state index in [1.54, 1.807) is 54.6 Å². The number of sulfonamides is 1. The molecule has 4 rings (SSSR count). The first-order valence-electron chi connectivity index (χ1n) is 12.3. The molecule has 0 saturated carbocycles. The number of hydrazone groups is 1. The molecule has 0 aliphatic rings. The molecule has 0 fully saturated rings. The fourth-order valence-electron chi connectivity index (χ4n) is 4.16. The van der Waals surface area contributed by atoms with Crippen molar-refractivity contribution < 1.29 is 22.3 Å². The molecule has 0 aliphatic heterocycles. The van der Waals surface area contributed by atoms with E-state index in [1.165, 1.54) is 30.5 Å². The molecular weight excluding hydrogens is 519 g/mol. The number of benzene rings is 3. The lowest BCUT2D eigenvalue weighted by molar-refractivity contribution is -0.119. The van der Waals surface area contributed by atoms with Crippen molar-refractivity contribution in [1.29, 1.82) is 0 Å². The Bertz CT molecular complexity index is 1570. The first-order valence-corrected chi connectivity index (χ1v) is 13.7. The number of nitrogens with one attached hydrogen (secondary N) is 1. The molecule has 0 saturated heterocycles. The van der Waals surface area contributed by atoms with E-state index in [0.717, 1.165) is 26.9 Å². The van der Waals surface area contributed by atoms with Gasteiger partial charge in [-0.15, -0.1) is 0 Å². The fraction of sp³-hybridized carbons (Fsp3) is 0.172. The van der Waals surface area contributed by atoms with Gasteiger partial charge in [0.05, 0.1) is 23.4 Å². The second-order valence-corrected chi connectivity index (χ2v) is 10.5. The largest absolute Gasteiger partial charge is 0.494 e. The third-order valence-electron chi connectivity index (χ3n) is 6.00. The second-order valence-electron chi connectivity index (χ2n) is 8.68. The number of ether oxygens (including phenoxy) is 1. The molecule has 1 aromatic heterocycles. The number of amides is 1. The maximum absolute atomic E-state index is 13.5. The number of hydrogen-bond acceptors (Lipinski definition) is 5. The van der Waals surface area contributed by atoms with Crippen LogP contribution in [0, 0.1) is 19.7 Å². The summed E-state index contributed by atoms with van der Waals surface area (Å²) in [5.41, 5.74) is 6.04. The van der Waals surface area contributed by atoms with Crippen LogP contribution >= 0.6 is 0 Å². The van der Waals surface area contributed by atoms with Gasteiger partial charge in [-0.3, -0.25) is 9.10 Å². The normalized spacial score (nSPS) is 11.5. The van der Waals surface area contributed by atoms with E-state index in [-0.39, 0.29) is 10.7 Å². The SMILES string of the molecule is CCOc1ccc(N(CC(=O)N/N=C\c2cc(C)n(-c3ccc(F)cc3)c2C)S(=O)(=O)c2ccccc2)cc1. The number of aromatic nitrogens is 1. The number of rotatable bonds is 10. The molecular formula is C29H29FN4O4S. The maximum atomic E-state index is 13.5. The highest BCUT2D eigenvalue weighted by atomic mass is 32.2. The van der Waals surface area contributed by atoms with Gasteiger partial charge in [-0.2, -0.15) is 5.10 Å². The lowest BCUT2D eigenvalue weighted by Gasteiger charge is -2.24. The molecule has 0 unspecified atom stereocenters. The number of carbonyl (C=O) groups excluding carboxylic acids is 1. The van der Waals surface area contributed by atoms with E-state index >= 15 is 0 Å². The molecule has 8 nitrogen and oxygen atoms in total. The van der Waals surface area contributed by atoms with Crippen molar-refractivity contribution in [2.24, 2.45) is 5.10 Å². The first kappa shape index (κ1) is 27.6. The van der Waals surface area contributed by atoms with E-state index in [0.29, 0.717) is 18.0 Å². The smallest absolute Gasteiger partial charge is 0.264 e. The minimum atomic E-state index is -4.04. The van der Waals surface area contributed by atoms with Crippen LogP contribution in [0.5, 0.6) is 5.75 Å². The molecule has 0 bridgehead atoms. The molecule has 4 aromatic rings. The molecule has 0 atom stereocenters. The van der Waals surface area contributed by atoms with Gasteiger partial charge in [0.2, 0.25) is 0 Å². The van der Waals surface area contributed by atoms with E-state index < -0.39 is 22.5 Å². The minimum Gasteiger partial charge on any atom is -0.494 e. The van der Waals surface area contributed by atoms with Crippen molar-refractivity contribution >= 4 is 27.8 Å². The Kier molecular flexibility index (Phi) is 8.46. The predicted octanol–water partition coefficient (Wildman–Crippen LogP) is 4.98. The van der Waals surface area contributed by atoms with Crippen LogP contribution in [-0.4, -0.2) is 38.3 Å². The summed E-state index contributed by atoms with van der Waals surface area (Å²) in [7, 11) is -4.04. The molecule has 0 aliphatic carbocycles. The minimum absolute atomic E-state index is 0.0587. The standard InChI is InChI=1S/C29H29FN4O4S/c1-4-38-27-16-14-25(15-17-27)33(39(36,37)28-8-6-5-7-9-28)20-29(35)32-31-19-23-18-21(2)34(22(23)3)26-12-10-24(30)11-13-26/h5-19H,4,20H2,1-3H3,(H,32,35)/b31-19-. The van der Waals surface area contributed by atoms with Gasteiger partial charge in [0, 0.05) is 22.6 Å². The highest BCUT2D eigenvalue weighted by Crippen LogP contribution is 2.26. The Labute approximate surface area is 227 Å². The molecule has 39 heavy (non-hydrogen) atoms. The Balaban J connectivity index is 1.54. The zero-order valence-corrected chi connectivity index (χ0v) is 22.7. The van der Waals surface area contributed by atoms with Gasteiger partial charge < -0.3 is 9.30 Å². The van der Waals surface area contributed by atoms with Crippen molar-refractivity contribution in [3.63, 3.8) is 0 Å². The Morgan fingerprint density at radius 3 is 2.33 bits per heavy atom. The number of aryl methyl sites for hydroxylation is 1. The summed E-state index contributed by atoms with van der Waals surface area (Å²) >= 11 is 0. The van der Waals surface area contributed by atoms with E-state index in [2.05, 4.69) is 10.5 Å². The lowest BCUT2D eigenvalue weighted by Crippen LogP contribution is -2.39. The van der Waals surface area contributed by atoms with Crippen LogP contribution in [0.15, 0.2) is 94.9 Å². The number of halogens is 1. The van der Waals surface area contributed by atoms with Crippen LogP contribution in [0.25, 0.3) is 5.69 Å². The van der Waals surface area contributed by atoms with Crippen LogP contribution in [0.3, 0.4) is 0 Å². The monoisotopic (exact) mass is 548 g/mol. The van der Waals surface area contributed by atoms with Crippen molar-refractivity contribution in [3.8, 4) is 11.4 Å². The van der Waals surface area contributed by atoms with E-state index in [1.807, 2.05) is 31.4 Å². The Morgan fingerprint density at radius 1 is 1.03 bits per heavy atom. The molecule has 1 amide bonds. The van der Waals surface area contributed by atoms with Gasteiger partial charge in [0.25, 0.3) is 15.9 Å². The van der Waals surface area contributed by atoms with Gasteiger partial charge in [-0.05, 0) is 87.5 Å².